The van der Waals surface area contributed by atoms with Crippen LogP contribution in [0.4, 0.5) is 17.6 Å². The number of aliphatic hydroxyl groups is 1. The fourth-order valence-corrected chi connectivity index (χ4v) is 14.6. The average molecular weight is 920 g/mol. The van der Waals surface area contributed by atoms with Crippen molar-refractivity contribution in [2.24, 2.45) is 46.3 Å². The van der Waals surface area contributed by atoms with Crippen LogP contribution in [0.2, 0.25) is 0 Å². The number of aliphatic hydroxyl groups excluding tert-OH is 1. The van der Waals surface area contributed by atoms with Crippen molar-refractivity contribution in [1.82, 2.24) is 0 Å². The van der Waals surface area contributed by atoms with Crippen LogP contribution in [0.1, 0.15) is 143 Å². The number of phenols is 1. The van der Waals surface area contributed by atoms with Crippen molar-refractivity contribution in [2.45, 2.75) is 135 Å². The highest BCUT2D eigenvalue weighted by Gasteiger charge is 2.59. The number of unbranched alkanes of at least 4 members (excludes halogenated alkanes) is 1. The number of ether oxygens (including phenoxy) is 1. The van der Waals surface area contributed by atoms with E-state index in [0.717, 1.165) is 94.8 Å². The quantitative estimate of drug-likeness (QED) is 0.114. The van der Waals surface area contributed by atoms with E-state index in [1.807, 2.05) is 30.3 Å². The monoisotopic (exact) mass is 918 g/mol. The standard InChI is InChI=1S/C30H36F2O2.C23H27BrF2O2/c1-30-15-14-25-24-13-11-23(34-19-20-7-3-2-4-8-20)17-21(24)10-12-26(25)28(30)22(9-5-6-16-33)18-27(30)29(31)32;1-23-10-9-17-16-8-6-15(27)11-13(16)5-7-18(17)21(23)14(3-2-4-20(24)28)12-19(23)22(25)26/h2-4,7-8,11,13,17,22,25-26,28,33H,5-6,9-10,12,14-16,18-19H2,1H3;6,8,11,14,17-18,21,27H,2-5,7,9-10,12H2,1H3/t22?,25-,26-,28+,30-;14?,17-,18-,21+,23-/m11/s1. The Morgan fingerprint density at radius 1 is 0.726 bits per heavy atom. The Morgan fingerprint density at radius 3 is 1.82 bits per heavy atom. The first-order chi connectivity index (χ1) is 29.8. The Labute approximate surface area is 373 Å². The molecule has 9 heteroatoms. The van der Waals surface area contributed by atoms with Gasteiger partial charge in [0, 0.05) is 24.2 Å². The molecule has 4 saturated carbocycles. The second-order valence-corrected chi connectivity index (χ2v) is 20.9. The average Bonchev–Trinajstić information content (AvgIpc) is 3.74. The topological polar surface area (TPSA) is 66.8 Å². The minimum atomic E-state index is -1.48. The Kier molecular flexibility index (Phi) is 13.8. The molecule has 0 aliphatic heterocycles. The predicted octanol–water partition coefficient (Wildman–Crippen LogP) is 14.4. The smallest absolute Gasteiger partial charge is 0.270 e. The van der Waals surface area contributed by atoms with Crippen molar-refractivity contribution in [3.8, 4) is 11.5 Å². The van der Waals surface area contributed by atoms with Gasteiger partial charge in [-0.1, -0.05) is 62.7 Å². The van der Waals surface area contributed by atoms with Gasteiger partial charge in [-0.2, -0.15) is 17.6 Å². The molecule has 6 aliphatic carbocycles. The molecule has 6 aliphatic rings. The molecular weight excluding hydrogens is 856 g/mol. The first kappa shape index (κ1) is 45.1. The normalized spacial score (nSPS) is 31.6. The number of allylic oxidation sites excluding steroid dienone is 2. The third kappa shape index (κ3) is 8.84. The maximum absolute atomic E-state index is 14.0. The van der Waals surface area contributed by atoms with Crippen molar-refractivity contribution >= 4 is 20.6 Å². The van der Waals surface area contributed by atoms with Crippen LogP contribution >= 0.6 is 15.9 Å². The van der Waals surface area contributed by atoms with E-state index in [2.05, 4.69) is 60.1 Å². The summed E-state index contributed by atoms with van der Waals surface area (Å²) in [4.78, 5) is 11.3. The molecule has 9 rings (SSSR count). The SMILES string of the molecule is C[C@]12CC[C@@H]3c4ccc(O)cc4CC[C@H]3[C@@H]1C(CCCC(=O)Br)CC2=C(F)F.C[C@]12CC[C@@H]3c4ccc(OCc5ccccc5)cc4CC[C@H]3[C@@H]1C(CCCCO)CC2=C(F)F. The van der Waals surface area contributed by atoms with Crippen LogP contribution < -0.4 is 4.74 Å². The van der Waals surface area contributed by atoms with E-state index in [9.17, 15) is 32.6 Å². The Hall–Kier alpha value is -3.43. The fourth-order valence-electron chi connectivity index (χ4n) is 14.3. The molecule has 334 valence electrons. The highest BCUT2D eigenvalue weighted by Crippen LogP contribution is 2.68. The van der Waals surface area contributed by atoms with Crippen LogP contribution in [0, 0.1) is 46.3 Å². The second kappa shape index (κ2) is 19.0. The first-order valence-electron chi connectivity index (χ1n) is 23.3. The van der Waals surface area contributed by atoms with Crippen LogP contribution in [-0.4, -0.2) is 21.5 Å². The van der Waals surface area contributed by atoms with Crippen molar-refractivity contribution in [2.75, 3.05) is 6.61 Å². The summed E-state index contributed by atoms with van der Waals surface area (Å²) in [5, 5.41) is 19.1. The maximum atomic E-state index is 14.0. The molecule has 62 heavy (non-hydrogen) atoms. The Morgan fingerprint density at radius 2 is 1.27 bits per heavy atom. The van der Waals surface area contributed by atoms with Crippen molar-refractivity contribution in [3.05, 3.63) is 118 Å². The maximum Gasteiger partial charge on any atom is 0.270 e. The number of hydrogen-bond donors (Lipinski definition) is 2. The number of carbonyl (C=O) groups is 1. The molecule has 3 aromatic carbocycles. The third-order valence-electron chi connectivity index (χ3n) is 16.9. The lowest BCUT2D eigenvalue weighted by Gasteiger charge is -2.51. The van der Waals surface area contributed by atoms with Gasteiger partial charge in [-0.15, -0.1) is 0 Å². The number of halogens is 5. The highest BCUT2D eigenvalue weighted by atomic mass is 79.9. The highest BCUT2D eigenvalue weighted by molar-refractivity contribution is 9.18. The number of aryl methyl sites for hydroxylation is 2. The third-order valence-corrected chi connectivity index (χ3v) is 17.3. The zero-order valence-corrected chi connectivity index (χ0v) is 37.9. The summed E-state index contributed by atoms with van der Waals surface area (Å²) in [5.41, 5.74) is 6.49. The van der Waals surface area contributed by atoms with Gasteiger partial charge in [-0.25, -0.2) is 0 Å². The van der Waals surface area contributed by atoms with Gasteiger partial charge in [0.05, 0.1) is 0 Å². The first-order valence-corrected chi connectivity index (χ1v) is 24.1. The summed E-state index contributed by atoms with van der Waals surface area (Å²) in [6.07, 6.45) is 10.3. The number of fused-ring (bicyclic) bond motifs is 10. The van der Waals surface area contributed by atoms with Crippen LogP contribution in [0.15, 0.2) is 90.0 Å². The van der Waals surface area contributed by atoms with Gasteiger partial charge in [-0.3, -0.25) is 4.79 Å². The lowest BCUT2D eigenvalue weighted by molar-refractivity contribution is -0.110. The molecule has 10 atom stereocenters. The molecule has 2 N–H and O–H groups in total. The van der Waals surface area contributed by atoms with Gasteiger partial charge in [0.25, 0.3) is 12.2 Å². The number of phenolic OH excluding ortho intramolecular Hbond substituents is 1. The van der Waals surface area contributed by atoms with Gasteiger partial charge >= 0.3 is 0 Å². The van der Waals surface area contributed by atoms with Gasteiger partial charge < -0.3 is 14.9 Å². The van der Waals surface area contributed by atoms with Gasteiger partial charge in [0.2, 0.25) is 0 Å². The number of carbonyl (C=O) groups excluding carboxylic acids is 1. The molecule has 3 aromatic rings. The van der Waals surface area contributed by atoms with Crippen LogP contribution in [0.25, 0.3) is 0 Å². The molecule has 4 nitrogen and oxygen atoms in total. The van der Waals surface area contributed by atoms with Gasteiger partial charge in [0.1, 0.15) is 18.1 Å². The summed E-state index contributed by atoms with van der Waals surface area (Å²) in [7, 11) is 0. The van der Waals surface area contributed by atoms with Crippen molar-refractivity contribution in [1.29, 1.82) is 0 Å². The van der Waals surface area contributed by atoms with E-state index in [1.54, 1.807) is 6.07 Å². The lowest BCUT2D eigenvalue weighted by Crippen LogP contribution is -2.42. The summed E-state index contributed by atoms with van der Waals surface area (Å²) in [5.74, 6) is 4.00. The molecule has 2 unspecified atom stereocenters. The minimum Gasteiger partial charge on any atom is -0.508 e. The van der Waals surface area contributed by atoms with Crippen LogP contribution in [0.5, 0.6) is 11.5 Å². The molecule has 4 fully saturated rings. The van der Waals surface area contributed by atoms with E-state index < -0.39 is 17.6 Å². The molecule has 0 aromatic heterocycles. The zero-order chi connectivity index (χ0) is 43.8. The van der Waals surface area contributed by atoms with Crippen molar-refractivity contribution < 1.29 is 37.3 Å². The van der Waals surface area contributed by atoms with Gasteiger partial charge in [-0.05, 0) is 216 Å². The van der Waals surface area contributed by atoms with E-state index in [1.165, 1.54) is 22.3 Å². The minimum absolute atomic E-state index is 0.00591. The van der Waals surface area contributed by atoms with E-state index in [4.69, 9.17) is 4.74 Å². The Bertz CT molecular complexity index is 2150. The van der Waals surface area contributed by atoms with E-state index in [0.29, 0.717) is 78.3 Å². The van der Waals surface area contributed by atoms with E-state index in [-0.39, 0.29) is 28.6 Å². The summed E-state index contributed by atoms with van der Waals surface area (Å²) in [6, 6.07) is 22.4. The van der Waals surface area contributed by atoms with E-state index >= 15 is 0 Å². The predicted molar refractivity (Wildman–Crippen MR) is 240 cm³/mol. The number of hydrogen-bond acceptors (Lipinski definition) is 4. The molecule has 0 bridgehead atoms. The molecule has 0 radical (unpaired) electrons. The summed E-state index contributed by atoms with van der Waals surface area (Å²) in [6.45, 7) is 4.92. The lowest BCUT2D eigenvalue weighted by atomic mass is 9.53. The van der Waals surface area contributed by atoms with Crippen LogP contribution in [0.3, 0.4) is 0 Å². The van der Waals surface area contributed by atoms with Crippen LogP contribution in [-0.2, 0) is 24.2 Å². The molecule has 0 spiro atoms. The second-order valence-electron chi connectivity index (χ2n) is 20.0. The van der Waals surface area contributed by atoms with Gasteiger partial charge in [0.15, 0.2) is 4.69 Å². The summed E-state index contributed by atoms with van der Waals surface area (Å²) < 4.78 is 61.9. The molecule has 0 amide bonds. The molecular formula is C53H63BrF4O4. The Balaban J connectivity index is 0.000000174. The van der Waals surface area contributed by atoms with Crippen molar-refractivity contribution in [3.63, 3.8) is 0 Å². The summed E-state index contributed by atoms with van der Waals surface area (Å²) >= 11 is 2.99. The molecule has 0 saturated heterocycles. The zero-order valence-electron chi connectivity index (χ0n) is 36.3. The largest absolute Gasteiger partial charge is 0.508 e. The fraction of sp³-hybridized carbons (Fsp3) is 0.566. The molecule has 0 heterocycles. The number of rotatable bonds is 11. The number of aromatic hydroxyl groups is 1. The number of benzene rings is 3.